The first-order chi connectivity index (χ1) is 9.56. The number of primary amides is 1. The van der Waals surface area contributed by atoms with E-state index < -0.39 is 5.91 Å². The molecular weight excluding hydrogens is 274 g/mol. The summed E-state index contributed by atoms with van der Waals surface area (Å²) in [6, 6.07) is 5.53. The third kappa shape index (κ3) is 2.38. The maximum absolute atomic E-state index is 11.6. The Morgan fingerprint density at radius 3 is 2.80 bits per heavy atom. The van der Waals surface area contributed by atoms with E-state index in [-0.39, 0.29) is 6.04 Å². The van der Waals surface area contributed by atoms with Crippen LogP contribution in [0.4, 0.5) is 5.69 Å². The zero-order chi connectivity index (χ0) is 14.3. The first-order valence-electron chi connectivity index (χ1n) is 7.16. The van der Waals surface area contributed by atoms with Crippen molar-refractivity contribution in [3.63, 3.8) is 0 Å². The average molecular weight is 294 g/mol. The van der Waals surface area contributed by atoms with E-state index in [0.29, 0.717) is 22.4 Å². The Labute approximate surface area is 124 Å². The minimum atomic E-state index is -0.407. The molecule has 4 nitrogen and oxygen atoms in total. The number of anilines is 1. The van der Waals surface area contributed by atoms with Crippen molar-refractivity contribution in [1.29, 1.82) is 0 Å². The van der Waals surface area contributed by atoms with Crippen molar-refractivity contribution in [2.75, 3.05) is 18.0 Å². The van der Waals surface area contributed by atoms with Gasteiger partial charge in [-0.2, -0.15) is 0 Å². The molecule has 20 heavy (non-hydrogen) atoms. The lowest BCUT2D eigenvalue weighted by atomic mass is 9.78. The van der Waals surface area contributed by atoms with Crippen LogP contribution in [0, 0.1) is 11.8 Å². The van der Waals surface area contributed by atoms with Gasteiger partial charge in [-0.1, -0.05) is 18.0 Å². The van der Waals surface area contributed by atoms with Crippen LogP contribution in [0.5, 0.6) is 0 Å². The molecule has 3 unspecified atom stereocenters. The molecule has 1 saturated carbocycles. The van der Waals surface area contributed by atoms with Crippen LogP contribution in [0.1, 0.15) is 29.6 Å². The third-order valence-corrected chi connectivity index (χ3v) is 4.95. The Bertz CT molecular complexity index is 534. The maximum Gasteiger partial charge on any atom is 0.250 e. The minimum absolute atomic E-state index is 0.273. The largest absolute Gasteiger partial charge is 0.370 e. The summed E-state index contributed by atoms with van der Waals surface area (Å²) in [5.41, 5.74) is 13.1. The van der Waals surface area contributed by atoms with E-state index in [4.69, 9.17) is 23.1 Å². The number of hydrogen-bond acceptors (Lipinski definition) is 3. The monoisotopic (exact) mass is 293 g/mol. The van der Waals surface area contributed by atoms with Crippen LogP contribution in [-0.2, 0) is 0 Å². The Morgan fingerprint density at radius 1 is 1.30 bits per heavy atom. The first-order valence-corrected chi connectivity index (χ1v) is 7.54. The molecule has 1 saturated heterocycles. The van der Waals surface area contributed by atoms with Gasteiger partial charge in [0.15, 0.2) is 0 Å². The van der Waals surface area contributed by atoms with Crippen LogP contribution in [0.15, 0.2) is 18.2 Å². The van der Waals surface area contributed by atoms with Crippen LogP contribution >= 0.6 is 11.6 Å². The molecule has 1 aliphatic carbocycles. The Kier molecular flexibility index (Phi) is 3.61. The summed E-state index contributed by atoms with van der Waals surface area (Å²) in [6.07, 6.45) is 3.53. The number of amides is 1. The second kappa shape index (κ2) is 5.26. The molecule has 108 valence electrons. The fourth-order valence-electron chi connectivity index (χ4n) is 3.69. The summed E-state index contributed by atoms with van der Waals surface area (Å²) < 4.78 is 0. The highest BCUT2D eigenvalue weighted by Gasteiger charge is 2.39. The van der Waals surface area contributed by atoms with E-state index in [1.165, 1.54) is 12.8 Å². The highest BCUT2D eigenvalue weighted by atomic mass is 35.5. The van der Waals surface area contributed by atoms with E-state index in [1.807, 2.05) is 6.07 Å². The lowest BCUT2D eigenvalue weighted by Gasteiger charge is -2.29. The summed E-state index contributed by atoms with van der Waals surface area (Å²) in [4.78, 5) is 13.8. The van der Waals surface area contributed by atoms with E-state index in [1.54, 1.807) is 12.1 Å². The van der Waals surface area contributed by atoms with Crippen molar-refractivity contribution in [3.05, 3.63) is 28.8 Å². The summed E-state index contributed by atoms with van der Waals surface area (Å²) in [5, 5.41) is 0.629. The lowest BCUT2D eigenvalue weighted by Crippen LogP contribution is -2.38. The van der Waals surface area contributed by atoms with Crippen molar-refractivity contribution in [2.45, 2.75) is 25.3 Å². The van der Waals surface area contributed by atoms with E-state index in [2.05, 4.69) is 4.90 Å². The molecule has 0 radical (unpaired) electrons. The van der Waals surface area contributed by atoms with Crippen molar-refractivity contribution < 1.29 is 4.79 Å². The minimum Gasteiger partial charge on any atom is -0.370 e. The van der Waals surface area contributed by atoms with Crippen LogP contribution in [0.3, 0.4) is 0 Å². The van der Waals surface area contributed by atoms with Crippen LogP contribution in [0.25, 0.3) is 0 Å². The summed E-state index contributed by atoms with van der Waals surface area (Å²) in [5.74, 6) is 0.734. The quantitative estimate of drug-likeness (QED) is 0.876. The number of rotatable bonds is 2. The van der Waals surface area contributed by atoms with Gasteiger partial charge >= 0.3 is 0 Å². The van der Waals surface area contributed by atoms with E-state index in [0.717, 1.165) is 25.2 Å². The molecule has 0 bridgehead atoms. The topological polar surface area (TPSA) is 72.4 Å². The van der Waals surface area contributed by atoms with Crippen molar-refractivity contribution in [2.24, 2.45) is 23.3 Å². The van der Waals surface area contributed by atoms with Crippen LogP contribution < -0.4 is 16.4 Å². The number of carbonyl (C=O) groups excluding carboxylic acids is 1. The molecule has 1 aromatic rings. The van der Waals surface area contributed by atoms with Gasteiger partial charge in [-0.25, -0.2) is 0 Å². The SMILES string of the molecule is NC(=O)c1ccc(Cl)cc1N1CC2CCCC(N)C2C1. The van der Waals surface area contributed by atoms with Crippen LogP contribution in [-0.4, -0.2) is 25.0 Å². The fraction of sp³-hybridized carbons (Fsp3) is 0.533. The lowest BCUT2D eigenvalue weighted by molar-refractivity contribution is 0.100. The molecular formula is C15H20ClN3O. The van der Waals surface area contributed by atoms with Crippen molar-refractivity contribution >= 4 is 23.2 Å². The number of nitrogens with two attached hydrogens (primary N) is 2. The molecule has 3 atom stereocenters. The summed E-state index contributed by atoms with van der Waals surface area (Å²) >= 11 is 6.08. The Morgan fingerprint density at radius 2 is 2.10 bits per heavy atom. The second-order valence-corrected chi connectivity index (χ2v) is 6.39. The van der Waals surface area contributed by atoms with Crippen LogP contribution in [0.2, 0.25) is 5.02 Å². The number of halogens is 1. The smallest absolute Gasteiger partial charge is 0.250 e. The van der Waals surface area contributed by atoms with Gasteiger partial charge in [0.05, 0.1) is 11.3 Å². The van der Waals surface area contributed by atoms with Gasteiger partial charge in [-0.3, -0.25) is 4.79 Å². The fourth-order valence-corrected chi connectivity index (χ4v) is 3.85. The number of fused-ring (bicyclic) bond motifs is 1. The number of nitrogens with zero attached hydrogens (tertiary/aromatic N) is 1. The molecule has 3 rings (SSSR count). The average Bonchev–Trinajstić information content (AvgIpc) is 2.83. The van der Waals surface area contributed by atoms with Gasteiger partial charge < -0.3 is 16.4 Å². The molecule has 1 aromatic carbocycles. The predicted molar refractivity (Wildman–Crippen MR) is 81.0 cm³/mol. The van der Waals surface area contributed by atoms with Gasteiger partial charge in [0.2, 0.25) is 0 Å². The number of benzene rings is 1. The Hall–Kier alpha value is -1.26. The molecule has 1 heterocycles. The highest BCUT2D eigenvalue weighted by molar-refractivity contribution is 6.31. The van der Waals surface area contributed by atoms with Gasteiger partial charge in [0.1, 0.15) is 0 Å². The van der Waals surface area contributed by atoms with Crippen molar-refractivity contribution in [3.8, 4) is 0 Å². The zero-order valence-electron chi connectivity index (χ0n) is 11.4. The highest BCUT2D eigenvalue weighted by Crippen LogP contribution is 2.39. The Balaban J connectivity index is 1.90. The summed E-state index contributed by atoms with van der Waals surface area (Å²) in [7, 11) is 0. The molecule has 1 aliphatic heterocycles. The molecule has 2 aliphatic rings. The normalized spacial score (nSPS) is 29.3. The van der Waals surface area contributed by atoms with E-state index in [9.17, 15) is 4.79 Å². The third-order valence-electron chi connectivity index (χ3n) is 4.72. The summed E-state index contributed by atoms with van der Waals surface area (Å²) in [6.45, 7) is 1.84. The van der Waals surface area contributed by atoms with E-state index >= 15 is 0 Å². The molecule has 2 fully saturated rings. The first kappa shape index (κ1) is 13.7. The molecule has 4 N–H and O–H groups in total. The molecule has 0 spiro atoms. The second-order valence-electron chi connectivity index (χ2n) is 5.95. The number of carbonyl (C=O) groups is 1. The van der Waals surface area contributed by atoms with Gasteiger partial charge in [-0.05, 0) is 42.9 Å². The predicted octanol–water partition coefficient (Wildman–Crippen LogP) is 2.00. The van der Waals surface area contributed by atoms with Gasteiger partial charge in [-0.15, -0.1) is 0 Å². The molecule has 5 heteroatoms. The maximum atomic E-state index is 11.6. The standard InChI is InChI=1S/C15H20ClN3O/c16-10-4-5-11(15(18)20)14(6-10)19-7-9-2-1-3-13(17)12(9)8-19/h4-6,9,12-13H,1-3,7-8,17H2,(H2,18,20). The number of hydrogen-bond donors (Lipinski definition) is 2. The molecule has 0 aromatic heterocycles. The van der Waals surface area contributed by atoms with Crippen molar-refractivity contribution in [1.82, 2.24) is 0 Å². The van der Waals surface area contributed by atoms with Gasteiger partial charge in [0, 0.05) is 24.2 Å². The van der Waals surface area contributed by atoms with Gasteiger partial charge in [0.25, 0.3) is 5.91 Å². The molecule has 1 amide bonds. The zero-order valence-corrected chi connectivity index (χ0v) is 12.1.